The van der Waals surface area contributed by atoms with Gasteiger partial charge in [-0.25, -0.2) is 4.79 Å². The van der Waals surface area contributed by atoms with E-state index in [4.69, 9.17) is 5.11 Å². The van der Waals surface area contributed by atoms with E-state index in [1.807, 2.05) is 26.0 Å². The van der Waals surface area contributed by atoms with Gasteiger partial charge in [0.25, 0.3) is 5.91 Å². The molecule has 23 heavy (non-hydrogen) atoms. The van der Waals surface area contributed by atoms with Crippen LogP contribution in [0.15, 0.2) is 30.6 Å². The van der Waals surface area contributed by atoms with E-state index in [1.54, 1.807) is 24.3 Å². The minimum Gasteiger partial charge on any atom is -0.476 e. The van der Waals surface area contributed by atoms with Crippen molar-refractivity contribution in [3.05, 3.63) is 47.5 Å². The molecule has 0 saturated carbocycles. The predicted molar refractivity (Wildman–Crippen MR) is 84.1 cm³/mol. The van der Waals surface area contributed by atoms with E-state index < -0.39 is 5.97 Å². The van der Waals surface area contributed by atoms with E-state index in [2.05, 4.69) is 10.1 Å². The molecule has 1 amide bonds. The molecule has 0 aliphatic carbocycles. The molecule has 2 heterocycles. The van der Waals surface area contributed by atoms with Crippen LogP contribution in [-0.4, -0.2) is 43.2 Å². The number of carbonyl (C=O) groups excluding carboxylic acids is 1. The maximum absolute atomic E-state index is 12.9. The number of nitrogens with zero attached hydrogens (tertiary/aromatic N) is 4. The van der Waals surface area contributed by atoms with Gasteiger partial charge >= 0.3 is 5.97 Å². The lowest BCUT2D eigenvalue weighted by Crippen LogP contribution is -2.35. The van der Waals surface area contributed by atoms with Crippen LogP contribution >= 0.6 is 0 Å². The SMILES string of the molecule is CCC(c1ccncc1)N(CC)C(=O)c1cc(C(=O)O)nn1C. The van der Waals surface area contributed by atoms with Gasteiger partial charge in [-0.3, -0.25) is 14.5 Å². The second kappa shape index (κ2) is 7.04. The van der Waals surface area contributed by atoms with Crippen LogP contribution in [0.1, 0.15) is 52.9 Å². The van der Waals surface area contributed by atoms with Gasteiger partial charge in [0.05, 0.1) is 6.04 Å². The molecule has 1 unspecified atom stereocenters. The highest BCUT2D eigenvalue weighted by molar-refractivity contribution is 5.95. The van der Waals surface area contributed by atoms with Crippen molar-refractivity contribution in [3.63, 3.8) is 0 Å². The average Bonchev–Trinajstić information content (AvgIpc) is 2.95. The highest BCUT2D eigenvalue weighted by Crippen LogP contribution is 2.25. The van der Waals surface area contributed by atoms with Gasteiger partial charge in [-0.15, -0.1) is 0 Å². The number of pyridine rings is 1. The summed E-state index contributed by atoms with van der Waals surface area (Å²) in [6, 6.07) is 4.98. The van der Waals surface area contributed by atoms with Crippen molar-refractivity contribution in [2.75, 3.05) is 6.54 Å². The Labute approximate surface area is 134 Å². The zero-order valence-electron chi connectivity index (χ0n) is 13.4. The van der Waals surface area contributed by atoms with Crippen LogP contribution in [-0.2, 0) is 7.05 Å². The molecular formula is C16H20N4O3. The summed E-state index contributed by atoms with van der Waals surface area (Å²) < 4.78 is 1.31. The third kappa shape index (κ3) is 3.39. The second-order valence-electron chi connectivity index (χ2n) is 5.14. The van der Waals surface area contributed by atoms with E-state index in [0.29, 0.717) is 6.54 Å². The number of hydrogen-bond donors (Lipinski definition) is 1. The zero-order chi connectivity index (χ0) is 17.0. The summed E-state index contributed by atoms with van der Waals surface area (Å²) in [5.74, 6) is -1.39. The molecule has 0 aromatic carbocycles. The Bertz CT molecular complexity index is 697. The number of carboxylic acids is 1. The summed E-state index contributed by atoms with van der Waals surface area (Å²) in [5, 5.41) is 12.9. The molecule has 122 valence electrons. The standard InChI is InChI=1S/C16H20N4O3/c1-4-13(11-6-8-17-9-7-11)20(5-2)15(21)14-10-12(16(22)23)18-19(14)3/h6-10,13H,4-5H2,1-3H3,(H,22,23). The number of aryl methyl sites for hydroxylation is 1. The van der Waals surface area contributed by atoms with E-state index in [-0.39, 0.29) is 23.3 Å². The van der Waals surface area contributed by atoms with Gasteiger partial charge < -0.3 is 10.0 Å². The Morgan fingerprint density at radius 1 is 1.30 bits per heavy atom. The Balaban J connectivity index is 2.36. The maximum atomic E-state index is 12.9. The fourth-order valence-electron chi connectivity index (χ4n) is 2.65. The predicted octanol–water partition coefficient (Wildman–Crippen LogP) is 2.13. The largest absolute Gasteiger partial charge is 0.476 e. The summed E-state index contributed by atoms with van der Waals surface area (Å²) in [7, 11) is 1.57. The summed E-state index contributed by atoms with van der Waals surface area (Å²) in [4.78, 5) is 29.6. The normalized spacial score (nSPS) is 12.0. The lowest BCUT2D eigenvalue weighted by molar-refractivity contribution is 0.0668. The van der Waals surface area contributed by atoms with E-state index in [0.717, 1.165) is 12.0 Å². The van der Waals surface area contributed by atoms with Gasteiger partial charge in [0.2, 0.25) is 0 Å². The highest BCUT2D eigenvalue weighted by Gasteiger charge is 2.27. The molecule has 0 fully saturated rings. The van der Waals surface area contributed by atoms with Crippen LogP contribution in [0.5, 0.6) is 0 Å². The molecule has 1 N–H and O–H groups in total. The van der Waals surface area contributed by atoms with E-state index in [9.17, 15) is 9.59 Å². The summed E-state index contributed by atoms with van der Waals surface area (Å²) in [6.45, 7) is 4.41. The van der Waals surface area contributed by atoms with Crippen molar-refractivity contribution in [1.29, 1.82) is 0 Å². The molecule has 2 aromatic heterocycles. The maximum Gasteiger partial charge on any atom is 0.356 e. The first-order valence-corrected chi connectivity index (χ1v) is 7.47. The monoisotopic (exact) mass is 316 g/mol. The van der Waals surface area contributed by atoms with Crippen molar-refractivity contribution < 1.29 is 14.7 Å². The molecule has 1 atom stereocenters. The molecule has 7 nitrogen and oxygen atoms in total. The van der Waals surface area contributed by atoms with Crippen molar-refractivity contribution in [2.45, 2.75) is 26.3 Å². The number of carboxylic acid groups (broad SMARTS) is 1. The molecule has 7 heteroatoms. The number of aromatic nitrogens is 3. The quantitative estimate of drug-likeness (QED) is 0.882. The number of amides is 1. The fraction of sp³-hybridized carbons (Fsp3) is 0.375. The molecule has 0 spiro atoms. The highest BCUT2D eigenvalue weighted by atomic mass is 16.4. The first-order chi connectivity index (χ1) is 11.0. The fourth-order valence-corrected chi connectivity index (χ4v) is 2.65. The number of hydrogen-bond acceptors (Lipinski definition) is 4. The van der Waals surface area contributed by atoms with Gasteiger partial charge in [-0.2, -0.15) is 5.10 Å². The molecule has 0 aliphatic heterocycles. The van der Waals surface area contributed by atoms with E-state index in [1.165, 1.54) is 10.7 Å². The van der Waals surface area contributed by atoms with Gasteiger partial charge in [0.1, 0.15) is 5.69 Å². The van der Waals surface area contributed by atoms with Crippen LogP contribution in [0.4, 0.5) is 0 Å². The van der Waals surface area contributed by atoms with Crippen LogP contribution in [0.25, 0.3) is 0 Å². The molecule has 0 bridgehead atoms. The zero-order valence-corrected chi connectivity index (χ0v) is 13.4. The van der Waals surface area contributed by atoms with Crippen LogP contribution < -0.4 is 0 Å². The number of carbonyl (C=O) groups is 2. The molecule has 2 aromatic rings. The van der Waals surface area contributed by atoms with Crippen LogP contribution in [0, 0.1) is 0 Å². The topological polar surface area (TPSA) is 88.3 Å². The van der Waals surface area contributed by atoms with Gasteiger partial charge in [-0.05, 0) is 31.0 Å². The Morgan fingerprint density at radius 2 is 1.96 bits per heavy atom. The van der Waals surface area contributed by atoms with E-state index >= 15 is 0 Å². The van der Waals surface area contributed by atoms with Gasteiger partial charge in [-0.1, -0.05) is 6.92 Å². The van der Waals surface area contributed by atoms with Crippen molar-refractivity contribution in [2.24, 2.45) is 7.05 Å². The smallest absolute Gasteiger partial charge is 0.356 e. The van der Waals surface area contributed by atoms with Crippen LogP contribution in [0.2, 0.25) is 0 Å². The third-order valence-electron chi connectivity index (χ3n) is 3.77. The molecule has 0 radical (unpaired) electrons. The van der Waals surface area contributed by atoms with Crippen molar-refractivity contribution >= 4 is 11.9 Å². The minimum atomic E-state index is -1.15. The Hall–Kier alpha value is -2.70. The van der Waals surface area contributed by atoms with Gasteiger partial charge in [0, 0.05) is 32.1 Å². The molecule has 0 aliphatic rings. The lowest BCUT2D eigenvalue weighted by Gasteiger charge is -2.30. The molecule has 2 rings (SSSR count). The lowest BCUT2D eigenvalue weighted by atomic mass is 10.0. The summed E-state index contributed by atoms with van der Waals surface area (Å²) in [6.07, 6.45) is 4.14. The number of aromatic carboxylic acids is 1. The van der Waals surface area contributed by atoms with Crippen LogP contribution in [0.3, 0.4) is 0 Å². The summed E-state index contributed by atoms with van der Waals surface area (Å²) in [5.41, 5.74) is 1.12. The Kier molecular flexibility index (Phi) is 5.10. The van der Waals surface area contributed by atoms with Crippen molar-refractivity contribution in [1.82, 2.24) is 19.7 Å². The Morgan fingerprint density at radius 3 is 2.43 bits per heavy atom. The first kappa shape index (κ1) is 16.7. The minimum absolute atomic E-state index is 0.0984. The summed E-state index contributed by atoms with van der Waals surface area (Å²) >= 11 is 0. The second-order valence-corrected chi connectivity index (χ2v) is 5.14. The van der Waals surface area contributed by atoms with Gasteiger partial charge in [0.15, 0.2) is 5.69 Å². The number of rotatable bonds is 6. The van der Waals surface area contributed by atoms with Crippen molar-refractivity contribution in [3.8, 4) is 0 Å². The first-order valence-electron chi connectivity index (χ1n) is 7.47. The third-order valence-corrected chi connectivity index (χ3v) is 3.77. The molecular weight excluding hydrogens is 296 g/mol. The average molecular weight is 316 g/mol. The molecule has 0 saturated heterocycles.